The van der Waals surface area contributed by atoms with Gasteiger partial charge in [-0.3, -0.25) is 19.2 Å². The van der Waals surface area contributed by atoms with Gasteiger partial charge in [0.2, 0.25) is 0 Å². The third-order valence-electron chi connectivity index (χ3n) is 9.21. The third-order valence-corrected chi connectivity index (χ3v) is 10.4. The van der Waals surface area contributed by atoms with Crippen LogP contribution in [0.2, 0.25) is 5.02 Å². The number of rotatable bonds is 8. The molecule has 0 unspecified atom stereocenters. The molecule has 1 aliphatic carbocycles. The van der Waals surface area contributed by atoms with Gasteiger partial charge in [-0.2, -0.15) is 0 Å². The van der Waals surface area contributed by atoms with Gasteiger partial charge in [0.25, 0.3) is 5.56 Å². The second kappa shape index (κ2) is 12.6. The summed E-state index contributed by atoms with van der Waals surface area (Å²) in [4.78, 5) is 37.5. The fourth-order valence-electron chi connectivity index (χ4n) is 6.89. The van der Waals surface area contributed by atoms with Crippen molar-refractivity contribution < 1.29 is 14.6 Å². The minimum atomic E-state index is -1.02. The van der Waals surface area contributed by atoms with Gasteiger partial charge in [0.15, 0.2) is 0 Å². The van der Waals surface area contributed by atoms with Crippen molar-refractivity contribution >= 4 is 39.1 Å². The van der Waals surface area contributed by atoms with Crippen LogP contribution < -0.4 is 10.3 Å². The lowest BCUT2D eigenvalue weighted by atomic mass is 9.89. The molecule has 46 heavy (non-hydrogen) atoms. The van der Waals surface area contributed by atoms with Crippen molar-refractivity contribution in [3.63, 3.8) is 0 Å². The molecule has 0 amide bonds. The summed E-state index contributed by atoms with van der Waals surface area (Å²) >= 11 is 7.75. The van der Waals surface area contributed by atoms with Gasteiger partial charge in [0.1, 0.15) is 18.2 Å². The zero-order valence-electron chi connectivity index (χ0n) is 25.6. The normalized spacial score (nSPS) is 17.3. The van der Waals surface area contributed by atoms with Gasteiger partial charge in [0, 0.05) is 58.1 Å². The van der Waals surface area contributed by atoms with Crippen molar-refractivity contribution in [2.45, 2.75) is 64.6 Å². The second-order valence-corrected chi connectivity index (χ2v) is 13.3. The average Bonchev–Trinajstić information content (AvgIpc) is 3.74. The minimum Gasteiger partial charge on any atom is -0.491 e. The Bertz CT molecular complexity index is 1980. The number of piperidine rings is 1. The first-order valence-electron chi connectivity index (χ1n) is 15.5. The quantitative estimate of drug-likeness (QED) is 0.234. The van der Waals surface area contributed by atoms with Crippen LogP contribution in [0.25, 0.3) is 21.3 Å². The smallest absolute Gasteiger partial charge is 0.338 e. The van der Waals surface area contributed by atoms with E-state index < -0.39 is 5.97 Å². The predicted molar refractivity (Wildman–Crippen MR) is 176 cm³/mol. The highest BCUT2D eigenvalue weighted by molar-refractivity contribution is 7.18. The van der Waals surface area contributed by atoms with Crippen molar-refractivity contribution in [2.24, 2.45) is 0 Å². The fourth-order valence-corrected chi connectivity index (χ4v) is 8.07. The number of thiophene rings is 1. The maximum absolute atomic E-state index is 13.8. The van der Waals surface area contributed by atoms with Crippen molar-refractivity contribution in [3.05, 3.63) is 85.8 Å². The first-order valence-corrected chi connectivity index (χ1v) is 16.8. The van der Waals surface area contributed by atoms with Crippen molar-refractivity contribution in [1.82, 2.24) is 34.4 Å². The second-order valence-electron chi connectivity index (χ2n) is 12.0. The van der Waals surface area contributed by atoms with Crippen LogP contribution in [-0.2, 0) is 19.4 Å². The van der Waals surface area contributed by atoms with E-state index >= 15 is 0 Å². The third kappa shape index (κ3) is 5.80. The van der Waals surface area contributed by atoms with Gasteiger partial charge in [-0.15, -0.1) is 16.4 Å². The maximum Gasteiger partial charge on any atom is 0.338 e. The monoisotopic (exact) mass is 659 g/mol. The number of aromatic nitrogens is 6. The number of hydrogen-bond acceptors (Lipinski definition) is 9. The molecule has 13 heteroatoms. The van der Waals surface area contributed by atoms with Crippen LogP contribution in [0.4, 0.5) is 0 Å². The molecule has 0 radical (unpaired) electrons. The molecule has 1 aromatic carbocycles. The van der Waals surface area contributed by atoms with E-state index in [-0.39, 0.29) is 17.7 Å². The number of hydrogen-bond donors (Lipinski definition) is 1. The van der Waals surface area contributed by atoms with E-state index in [4.69, 9.17) is 21.3 Å². The van der Waals surface area contributed by atoms with Gasteiger partial charge >= 0.3 is 5.97 Å². The zero-order valence-corrected chi connectivity index (χ0v) is 27.2. The van der Waals surface area contributed by atoms with Crippen LogP contribution >= 0.6 is 22.9 Å². The molecule has 2 aliphatic rings. The van der Waals surface area contributed by atoms with Gasteiger partial charge in [-0.05, 0) is 70.2 Å². The summed E-state index contributed by atoms with van der Waals surface area (Å²) in [6, 6.07) is 8.00. The number of aromatic carboxylic acids is 1. The van der Waals surface area contributed by atoms with Gasteiger partial charge in [-0.1, -0.05) is 16.8 Å². The Morgan fingerprint density at radius 3 is 2.70 bits per heavy atom. The Kier molecular flexibility index (Phi) is 8.35. The standard InChI is InChI=1S/C33H34ClN7O4S/c1-19-15-25(31-30(36-19)27(18-46-31)33(43)44)24-16-21(34)3-6-29(24)45-14-13-40-20(2)37-28-5-4-23(17-26(28)32(40)42)39-10-7-22(8-11-39)41-12-9-35-38-41/h3,6,9,12,15-16,18,22-23H,4-5,7-8,10-11,13-14,17H2,1-2H3,(H,43,44)/t23-/m1/s1. The highest BCUT2D eigenvalue weighted by atomic mass is 35.5. The minimum absolute atomic E-state index is 0.0101. The first-order chi connectivity index (χ1) is 22.3. The number of aryl methyl sites for hydroxylation is 3. The zero-order chi connectivity index (χ0) is 31.9. The molecule has 5 heterocycles. The van der Waals surface area contributed by atoms with Crippen molar-refractivity contribution in [2.75, 3.05) is 19.7 Å². The van der Waals surface area contributed by atoms with Crippen molar-refractivity contribution in [1.29, 1.82) is 0 Å². The molecule has 1 atom stereocenters. The molecule has 0 spiro atoms. The molecule has 5 aromatic rings. The average molecular weight is 660 g/mol. The van der Waals surface area contributed by atoms with Gasteiger partial charge in [0.05, 0.1) is 40.3 Å². The molecule has 7 rings (SSSR count). The Balaban J connectivity index is 1.08. The number of carbonyl (C=O) groups is 1. The van der Waals surface area contributed by atoms with E-state index in [1.165, 1.54) is 11.3 Å². The van der Waals surface area contributed by atoms with E-state index in [0.717, 1.165) is 65.9 Å². The van der Waals surface area contributed by atoms with Crippen molar-refractivity contribution in [3.8, 4) is 16.9 Å². The van der Waals surface area contributed by atoms with Crippen LogP contribution in [0.15, 0.2) is 46.8 Å². The van der Waals surface area contributed by atoms with Gasteiger partial charge < -0.3 is 9.84 Å². The molecule has 238 valence electrons. The van der Waals surface area contributed by atoms with Crippen LogP contribution in [-0.4, -0.2) is 71.2 Å². The number of carboxylic acid groups (broad SMARTS) is 1. The van der Waals surface area contributed by atoms with Crippen LogP contribution in [0.5, 0.6) is 5.75 Å². The van der Waals surface area contributed by atoms with E-state index in [1.54, 1.807) is 22.2 Å². The molecule has 1 fully saturated rings. The molecule has 4 aromatic heterocycles. The topological polar surface area (TPSA) is 128 Å². The Hall–Kier alpha value is -4.13. The molecule has 1 aliphatic heterocycles. The summed E-state index contributed by atoms with van der Waals surface area (Å²) in [5, 5.41) is 20.0. The van der Waals surface area contributed by atoms with E-state index in [9.17, 15) is 14.7 Å². The lowest BCUT2D eigenvalue weighted by Gasteiger charge is -2.39. The number of likely N-dealkylation sites (tertiary alicyclic amines) is 1. The molecular formula is C33H34ClN7O4S. The summed E-state index contributed by atoms with van der Waals surface area (Å²) in [6.45, 7) is 6.25. The summed E-state index contributed by atoms with van der Waals surface area (Å²) in [5.74, 6) is 0.256. The van der Waals surface area contributed by atoms with Crippen LogP contribution in [0.3, 0.4) is 0 Å². The Labute approximate surface area is 274 Å². The largest absolute Gasteiger partial charge is 0.491 e. The van der Waals surface area contributed by atoms with Crippen LogP contribution in [0.1, 0.15) is 58.4 Å². The number of carboxylic acids is 1. The Morgan fingerprint density at radius 1 is 1.11 bits per heavy atom. The molecule has 0 saturated carbocycles. The molecule has 11 nitrogen and oxygen atoms in total. The molecule has 1 N–H and O–H groups in total. The number of halogens is 1. The lowest BCUT2D eigenvalue weighted by molar-refractivity contribution is 0.0699. The van der Waals surface area contributed by atoms with E-state index in [0.29, 0.717) is 52.9 Å². The summed E-state index contributed by atoms with van der Waals surface area (Å²) in [5.41, 5.74) is 4.59. The maximum atomic E-state index is 13.8. The predicted octanol–water partition coefficient (Wildman–Crippen LogP) is 5.35. The SMILES string of the molecule is Cc1cc(-c2cc(Cl)ccc2OCCn2c(C)nc3c(c2=O)C[C@H](N2CCC(n4ccnn4)CC2)CC3)c2scc(C(=O)O)c2n1. The summed E-state index contributed by atoms with van der Waals surface area (Å²) in [6.07, 6.45) is 8.21. The molecule has 0 bridgehead atoms. The van der Waals surface area contributed by atoms with E-state index in [2.05, 4.69) is 20.2 Å². The summed E-state index contributed by atoms with van der Waals surface area (Å²) < 4.78 is 10.7. The number of benzene rings is 1. The Morgan fingerprint density at radius 2 is 1.93 bits per heavy atom. The van der Waals surface area contributed by atoms with E-state index in [1.807, 2.05) is 42.9 Å². The molecular weight excluding hydrogens is 626 g/mol. The number of pyridine rings is 1. The number of fused-ring (bicyclic) bond motifs is 2. The highest BCUT2D eigenvalue weighted by Crippen LogP contribution is 2.40. The fraction of sp³-hybridized carbons (Fsp3) is 0.394. The van der Waals surface area contributed by atoms with Gasteiger partial charge in [-0.25, -0.2) is 14.5 Å². The van der Waals surface area contributed by atoms with Crippen LogP contribution in [0, 0.1) is 13.8 Å². The number of nitrogens with zero attached hydrogens (tertiary/aromatic N) is 7. The lowest BCUT2D eigenvalue weighted by Crippen LogP contribution is -2.46. The molecule has 1 saturated heterocycles. The first kappa shape index (κ1) is 30.5. The highest BCUT2D eigenvalue weighted by Gasteiger charge is 2.31. The summed E-state index contributed by atoms with van der Waals surface area (Å²) in [7, 11) is 0. The number of ether oxygens (including phenoxy) is 1.